The topological polar surface area (TPSA) is 33.4 Å². The van der Waals surface area contributed by atoms with Crippen LogP contribution in [0.15, 0.2) is 39.4 Å². The maximum atomic E-state index is 9.73. The van der Waals surface area contributed by atoms with E-state index in [1.54, 1.807) is 30.5 Å². The monoisotopic (exact) mass is 272 g/mol. The Labute approximate surface area is 94.2 Å². The van der Waals surface area contributed by atoms with Crippen LogP contribution in [0.4, 0.5) is 0 Å². The summed E-state index contributed by atoms with van der Waals surface area (Å²) in [5.41, 5.74) is 0.578. The SMILES string of the molecule is Oc1c(Br)cc(Cl)cc1-c1ccco1. The molecule has 0 radical (unpaired) electrons. The summed E-state index contributed by atoms with van der Waals surface area (Å²) in [6, 6.07) is 6.80. The van der Waals surface area contributed by atoms with E-state index >= 15 is 0 Å². The van der Waals surface area contributed by atoms with Crippen molar-refractivity contribution in [2.24, 2.45) is 0 Å². The molecule has 0 spiro atoms. The molecule has 0 saturated carbocycles. The Kier molecular flexibility index (Phi) is 2.52. The van der Waals surface area contributed by atoms with Crippen LogP contribution in [-0.2, 0) is 0 Å². The fourth-order valence-electron chi connectivity index (χ4n) is 1.19. The van der Waals surface area contributed by atoms with Crippen molar-refractivity contribution in [3.05, 3.63) is 40.0 Å². The standard InChI is InChI=1S/C10H6BrClO2/c11-8-5-6(12)4-7(10(8)13)9-2-1-3-14-9/h1-5,13H. The third-order valence-corrected chi connectivity index (χ3v) is 2.64. The smallest absolute Gasteiger partial charge is 0.140 e. The summed E-state index contributed by atoms with van der Waals surface area (Å²) in [4.78, 5) is 0. The third kappa shape index (κ3) is 1.65. The number of hydrogen-bond acceptors (Lipinski definition) is 2. The number of furan rings is 1. The lowest BCUT2D eigenvalue weighted by molar-refractivity contribution is 0.470. The van der Waals surface area contributed by atoms with Gasteiger partial charge in [0, 0.05) is 5.02 Å². The van der Waals surface area contributed by atoms with Crippen LogP contribution in [-0.4, -0.2) is 5.11 Å². The number of hydrogen-bond donors (Lipinski definition) is 1. The van der Waals surface area contributed by atoms with Gasteiger partial charge >= 0.3 is 0 Å². The first-order valence-corrected chi connectivity index (χ1v) is 5.07. The molecule has 1 aromatic carbocycles. The molecule has 2 nitrogen and oxygen atoms in total. The predicted octanol–water partition coefficient (Wildman–Crippen LogP) is 4.07. The summed E-state index contributed by atoms with van der Waals surface area (Å²) < 4.78 is 5.72. The summed E-state index contributed by atoms with van der Waals surface area (Å²) >= 11 is 9.06. The van der Waals surface area contributed by atoms with Gasteiger partial charge in [0.15, 0.2) is 0 Å². The van der Waals surface area contributed by atoms with Crippen LogP contribution in [0.1, 0.15) is 0 Å². The molecule has 2 rings (SSSR count). The van der Waals surface area contributed by atoms with Crippen LogP contribution < -0.4 is 0 Å². The number of phenolic OH excluding ortho intramolecular Hbond substituents is 1. The van der Waals surface area contributed by atoms with Crippen molar-refractivity contribution in [1.82, 2.24) is 0 Å². The molecule has 0 aliphatic carbocycles. The quantitative estimate of drug-likeness (QED) is 0.850. The maximum absolute atomic E-state index is 9.73. The van der Waals surface area contributed by atoms with Crippen LogP contribution >= 0.6 is 27.5 Å². The Hall–Kier alpha value is -0.930. The van der Waals surface area contributed by atoms with Gasteiger partial charge in [-0.25, -0.2) is 0 Å². The Morgan fingerprint density at radius 3 is 2.79 bits per heavy atom. The van der Waals surface area contributed by atoms with Crippen LogP contribution in [0.2, 0.25) is 5.02 Å². The van der Waals surface area contributed by atoms with Gasteiger partial charge in [-0.05, 0) is 40.2 Å². The van der Waals surface area contributed by atoms with Gasteiger partial charge in [0.25, 0.3) is 0 Å². The second-order valence-corrected chi connectivity index (χ2v) is 4.05. The molecule has 0 amide bonds. The van der Waals surface area contributed by atoms with E-state index in [0.29, 0.717) is 20.8 Å². The fourth-order valence-corrected chi connectivity index (χ4v) is 2.00. The molecule has 1 aromatic heterocycles. The molecule has 4 heteroatoms. The van der Waals surface area contributed by atoms with E-state index in [0.717, 1.165) is 0 Å². The van der Waals surface area contributed by atoms with Gasteiger partial charge in [0.2, 0.25) is 0 Å². The zero-order chi connectivity index (χ0) is 10.1. The number of rotatable bonds is 1. The zero-order valence-corrected chi connectivity index (χ0v) is 9.34. The number of benzene rings is 1. The average molecular weight is 274 g/mol. The van der Waals surface area contributed by atoms with Gasteiger partial charge in [-0.15, -0.1) is 0 Å². The molecule has 1 heterocycles. The van der Waals surface area contributed by atoms with E-state index in [9.17, 15) is 5.11 Å². The largest absolute Gasteiger partial charge is 0.506 e. The average Bonchev–Trinajstić information content (AvgIpc) is 2.63. The maximum Gasteiger partial charge on any atom is 0.140 e. The van der Waals surface area contributed by atoms with E-state index in [2.05, 4.69) is 15.9 Å². The molecule has 0 fully saturated rings. The van der Waals surface area contributed by atoms with Crippen molar-refractivity contribution < 1.29 is 9.52 Å². The highest BCUT2D eigenvalue weighted by molar-refractivity contribution is 9.10. The molecule has 1 N–H and O–H groups in total. The minimum atomic E-state index is 0.129. The molecule has 0 saturated heterocycles. The van der Waals surface area contributed by atoms with Gasteiger partial charge in [-0.2, -0.15) is 0 Å². The normalized spacial score (nSPS) is 10.4. The highest BCUT2D eigenvalue weighted by Crippen LogP contribution is 2.38. The zero-order valence-electron chi connectivity index (χ0n) is 7.00. The molecule has 2 aromatic rings. The van der Waals surface area contributed by atoms with E-state index in [1.165, 1.54) is 0 Å². The van der Waals surface area contributed by atoms with E-state index in [1.807, 2.05) is 0 Å². The Morgan fingerprint density at radius 2 is 2.14 bits per heavy atom. The number of phenols is 1. The van der Waals surface area contributed by atoms with E-state index < -0.39 is 0 Å². The molecule has 0 atom stereocenters. The van der Waals surface area contributed by atoms with Crippen molar-refractivity contribution >= 4 is 27.5 Å². The highest BCUT2D eigenvalue weighted by atomic mass is 79.9. The Balaban J connectivity index is 2.64. The Morgan fingerprint density at radius 1 is 1.36 bits per heavy atom. The molecular weight excluding hydrogens is 267 g/mol. The first kappa shape index (κ1) is 9.62. The minimum Gasteiger partial charge on any atom is -0.506 e. The summed E-state index contributed by atoms with van der Waals surface area (Å²) in [6.07, 6.45) is 1.55. The number of halogens is 2. The minimum absolute atomic E-state index is 0.129. The van der Waals surface area contributed by atoms with Crippen molar-refractivity contribution in [3.8, 4) is 17.1 Å². The Bertz CT molecular complexity index is 451. The molecule has 0 aliphatic heterocycles. The van der Waals surface area contributed by atoms with Crippen molar-refractivity contribution in [3.63, 3.8) is 0 Å². The molecule has 14 heavy (non-hydrogen) atoms. The first-order chi connectivity index (χ1) is 6.68. The van der Waals surface area contributed by atoms with Gasteiger partial charge in [-0.3, -0.25) is 0 Å². The number of aromatic hydroxyl groups is 1. The highest BCUT2D eigenvalue weighted by Gasteiger charge is 2.11. The van der Waals surface area contributed by atoms with Gasteiger partial charge in [-0.1, -0.05) is 11.6 Å². The lowest BCUT2D eigenvalue weighted by Crippen LogP contribution is -1.78. The van der Waals surface area contributed by atoms with Crippen LogP contribution in [0.5, 0.6) is 5.75 Å². The van der Waals surface area contributed by atoms with Gasteiger partial charge in [0.05, 0.1) is 16.3 Å². The summed E-state index contributed by atoms with van der Waals surface area (Å²) in [7, 11) is 0. The molecule has 72 valence electrons. The van der Waals surface area contributed by atoms with Crippen LogP contribution in [0.3, 0.4) is 0 Å². The predicted molar refractivity (Wildman–Crippen MR) is 58.5 cm³/mol. The van der Waals surface area contributed by atoms with E-state index in [4.69, 9.17) is 16.0 Å². The molecule has 0 aliphatic rings. The van der Waals surface area contributed by atoms with Crippen LogP contribution in [0, 0.1) is 0 Å². The molecule has 0 unspecified atom stereocenters. The second kappa shape index (κ2) is 3.67. The summed E-state index contributed by atoms with van der Waals surface area (Å²) in [6.45, 7) is 0. The van der Waals surface area contributed by atoms with Crippen molar-refractivity contribution in [1.29, 1.82) is 0 Å². The van der Waals surface area contributed by atoms with E-state index in [-0.39, 0.29) is 5.75 Å². The van der Waals surface area contributed by atoms with Gasteiger partial charge in [0.1, 0.15) is 11.5 Å². The summed E-state index contributed by atoms with van der Waals surface area (Å²) in [5, 5.41) is 10.3. The van der Waals surface area contributed by atoms with Crippen molar-refractivity contribution in [2.75, 3.05) is 0 Å². The molecule has 0 bridgehead atoms. The van der Waals surface area contributed by atoms with Crippen LogP contribution in [0.25, 0.3) is 11.3 Å². The van der Waals surface area contributed by atoms with Gasteiger partial charge < -0.3 is 9.52 Å². The molecular formula is C10H6BrClO2. The fraction of sp³-hybridized carbons (Fsp3) is 0. The summed E-state index contributed by atoms with van der Waals surface area (Å²) in [5.74, 6) is 0.718. The lowest BCUT2D eigenvalue weighted by atomic mass is 10.1. The van der Waals surface area contributed by atoms with Crippen molar-refractivity contribution in [2.45, 2.75) is 0 Å². The lowest BCUT2D eigenvalue weighted by Gasteiger charge is -2.04. The second-order valence-electron chi connectivity index (χ2n) is 2.76. The first-order valence-electron chi connectivity index (χ1n) is 3.90. The third-order valence-electron chi connectivity index (χ3n) is 1.81.